The molecule has 0 amide bonds. The third-order valence-corrected chi connectivity index (χ3v) is 6.03. The van der Waals surface area contributed by atoms with Gasteiger partial charge in [-0.05, 0) is 30.0 Å². The van der Waals surface area contributed by atoms with Crippen molar-refractivity contribution in [1.82, 2.24) is 9.78 Å². The molecule has 5 rings (SSSR count). The van der Waals surface area contributed by atoms with E-state index in [0.717, 1.165) is 34.0 Å². The van der Waals surface area contributed by atoms with Crippen LogP contribution in [-0.4, -0.2) is 15.6 Å². The Hall–Kier alpha value is -3.14. The molecule has 0 fully saturated rings. The van der Waals surface area contributed by atoms with Gasteiger partial charge in [-0.2, -0.15) is 5.10 Å². The van der Waals surface area contributed by atoms with E-state index < -0.39 is 0 Å². The third kappa shape index (κ3) is 2.91. The van der Waals surface area contributed by atoms with Gasteiger partial charge in [0.2, 0.25) is 0 Å². The number of anilines is 1. The van der Waals surface area contributed by atoms with Crippen LogP contribution in [0.15, 0.2) is 72.4 Å². The van der Waals surface area contributed by atoms with E-state index in [1.54, 1.807) is 0 Å². The Kier molecular flexibility index (Phi) is 3.98. The van der Waals surface area contributed by atoms with Crippen LogP contribution < -0.4 is 5.32 Å². The zero-order valence-electron chi connectivity index (χ0n) is 17.0. The van der Waals surface area contributed by atoms with Gasteiger partial charge in [0.1, 0.15) is 11.6 Å². The SMILES string of the molecule is Cc1nn(-c2ccccc2)c2c1[C@H](c1ccccc1)[C@H]1C(=O)CC(C)(C)C=C1N2. The first-order chi connectivity index (χ1) is 13.9. The van der Waals surface area contributed by atoms with E-state index in [1.807, 2.05) is 35.9 Å². The molecule has 0 spiro atoms. The molecular formula is C25H25N3O. The standard InChI is InChI=1S/C25H25N3O/c1-16-21-22(17-10-6-4-7-11-17)23-19(14-25(2,3)15-20(23)29)26-24(21)28(27-16)18-12-8-5-9-13-18/h4-14,22-23,26H,15H2,1-3H3/t22-,23+/m0/s1. The Balaban J connectivity index is 1.77. The molecule has 146 valence electrons. The van der Waals surface area contributed by atoms with Crippen LogP contribution in [0.3, 0.4) is 0 Å². The van der Waals surface area contributed by atoms with Gasteiger partial charge in [0.05, 0.1) is 17.3 Å². The zero-order chi connectivity index (χ0) is 20.2. The number of ketones is 1. The molecule has 0 bridgehead atoms. The van der Waals surface area contributed by atoms with E-state index in [2.05, 4.69) is 61.6 Å². The molecule has 1 N–H and O–H groups in total. The maximum absolute atomic E-state index is 13.3. The van der Waals surface area contributed by atoms with Crippen molar-refractivity contribution in [3.8, 4) is 5.69 Å². The number of hydrogen-bond donors (Lipinski definition) is 1. The molecule has 2 atom stereocenters. The van der Waals surface area contributed by atoms with E-state index in [9.17, 15) is 4.79 Å². The van der Waals surface area contributed by atoms with E-state index in [1.165, 1.54) is 0 Å². The highest BCUT2D eigenvalue weighted by molar-refractivity contribution is 5.90. The Bertz CT molecular complexity index is 1110. The smallest absolute Gasteiger partial charge is 0.143 e. The van der Waals surface area contributed by atoms with Crippen molar-refractivity contribution in [3.63, 3.8) is 0 Å². The topological polar surface area (TPSA) is 46.9 Å². The van der Waals surface area contributed by atoms with E-state index >= 15 is 0 Å². The summed E-state index contributed by atoms with van der Waals surface area (Å²) in [4.78, 5) is 13.3. The van der Waals surface area contributed by atoms with Gasteiger partial charge in [-0.1, -0.05) is 68.5 Å². The molecule has 1 aliphatic carbocycles. The molecule has 2 heterocycles. The molecule has 2 aromatic carbocycles. The van der Waals surface area contributed by atoms with Crippen LogP contribution in [0.1, 0.15) is 43.0 Å². The minimum atomic E-state index is -0.190. The first kappa shape index (κ1) is 17.9. The second-order valence-corrected chi connectivity index (χ2v) is 8.82. The monoisotopic (exact) mass is 383 g/mol. The minimum Gasteiger partial charge on any atom is -0.343 e. The maximum Gasteiger partial charge on any atom is 0.143 e. The number of fused-ring (bicyclic) bond motifs is 2. The Morgan fingerprint density at radius 1 is 1.00 bits per heavy atom. The van der Waals surface area contributed by atoms with Crippen molar-refractivity contribution in [3.05, 3.63) is 89.3 Å². The lowest BCUT2D eigenvalue weighted by Crippen LogP contribution is -2.39. The fourth-order valence-electron chi connectivity index (χ4n) is 4.88. The van der Waals surface area contributed by atoms with E-state index in [0.29, 0.717) is 12.2 Å². The van der Waals surface area contributed by atoms with Gasteiger partial charge in [-0.15, -0.1) is 0 Å². The third-order valence-electron chi connectivity index (χ3n) is 6.03. The Labute approximate surface area is 171 Å². The van der Waals surface area contributed by atoms with Gasteiger partial charge in [0.15, 0.2) is 0 Å². The highest BCUT2D eigenvalue weighted by Gasteiger charge is 2.45. The lowest BCUT2D eigenvalue weighted by Gasteiger charge is -2.40. The van der Waals surface area contributed by atoms with Crippen molar-refractivity contribution in [2.45, 2.75) is 33.1 Å². The average molecular weight is 383 g/mol. The predicted octanol–water partition coefficient (Wildman–Crippen LogP) is 5.24. The van der Waals surface area contributed by atoms with Crippen LogP contribution in [-0.2, 0) is 4.79 Å². The minimum absolute atomic E-state index is 0.0280. The number of aromatic nitrogens is 2. The number of hydrogen-bond acceptors (Lipinski definition) is 3. The molecule has 29 heavy (non-hydrogen) atoms. The number of para-hydroxylation sites is 1. The maximum atomic E-state index is 13.3. The van der Waals surface area contributed by atoms with Crippen LogP contribution in [0.2, 0.25) is 0 Å². The lowest BCUT2D eigenvalue weighted by atomic mass is 9.67. The summed E-state index contributed by atoms with van der Waals surface area (Å²) < 4.78 is 1.98. The summed E-state index contributed by atoms with van der Waals surface area (Å²) in [5.41, 5.74) is 5.11. The van der Waals surface area contributed by atoms with Crippen molar-refractivity contribution in [1.29, 1.82) is 0 Å². The predicted molar refractivity (Wildman–Crippen MR) is 115 cm³/mol. The quantitative estimate of drug-likeness (QED) is 0.658. The normalized spacial score (nSPS) is 22.3. The molecule has 0 saturated carbocycles. The van der Waals surface area contributed by atoms with Gasteiger partial charge in [-0.3, -0.25) is 4.79 Å². The molecule has 4 heteroatoms. The van der Waals surface area contributed by atoms with Gasteiger partial charge < -0.3 is 5.32 Å². The molecule has 0 unspecified atom stereocenters. The number of benzene rings is 2. The van der Waals surface area contributed by atoms with E-state index in [-0.39, 0.29) is 17.3 Å². The number of carbonyl (C=O) groups is 1. The molecule has 4 nitrogen and oxygen atoms in total. The van der Waals surface area contributed by atoms with Crippen LogP contribution >= 0.6 is 0 Å². The molecule has 1 aromatic heterocycles. The number of aryl methyl sites for hydroxylation is 1. The Morgan fingerprint density at radius 2 is 1.66 bits per heavy atom. The number of allylic oxidation sites excluding steroid dienone is 2. The molecular weight excluding hydrogens is 358 g/mol. The number of carbonyl (C=O) groups excluding carboxylic acids is 1. The summed E-state index contributed by atoms with van der Waals surface area (Å²) in [6.45, 7) is 6.30. The fourth-order valence-corrected chi connectivity index (χ4v) is 4.88. The fraction of sp³-hybridized carbons (Fsp3) is 0.280. The summed E-state index contributed by atoms with van der Waals surface area (Å²) in [7, 11) is 0. The summed E-state index contributed by atoms with van der Waals surface area (Å²) in [5.74, 6) is 1.05. The first-order valence-electron chi connectivity index (χ1n) is 10.2. The number of nitrogens with zero attached hydrogens (tertiary/aromatic N) is 2. The van der Waals surface area contributed by atoms with Crippen molar-refractivity contribution < 1.29 is 4.79 Å². The molecule has 1 aliphatic heterocycles. The number of rotatable bonds is 2. The first-order valence-corrected chi connectivity index (χ1v) is 10.2. The van der Waals surface area contributed by atoms with E-state index in [4.69, 9.17) is 5.10 Å². The highest BCUT2D eigenvalue weighted by atomic mass is 16.1. The molecule has 0 radical (unpaired) electrons. The van der Waals surface area contributed by atoms with Crippen LogP contribution in [0.25, 0.3) is 5.69 Å². The summed E-state index contributed by atoms with van der Waals surface area (Å²) in [6, 6.07) is 20.5. The molecule has 0 saturated heterocycles. The lowest BCUT2D eigenvalue weighted by molar-refractivity contribution is -0.124. The Morgan fingerprint density at radius 3 is 2.34 bits per heavy atom. The summed E-state index contributed by atoms with van der Waals surface area (Å²) in [5, 5.41) is 8.49. The number of Topliss-reactive ketones (excluding diaryl/α,β-unsaturated/α-hetero) is 1. The largest absolute Gasteiger partial charge is 0.343 e. The summed E-state index contributed by atoms with van der Waals surface area (Å²) in [6.07, 6.45) is 2.81. The van der Waals surface area contributed by atoms with Gasteiger partial charge >= 0.3 is 0 Å². The second kappa shape index (κ2) is 6.45. The highest BCUT2D eigenvalue weighted by Crippen LogP contribution is 2.50. The van der Waals surface area contributed by atoms with Gasteiger partial charge in [0, 0.05) is 23.6 Å². The van der Waals surface area contributed by atoms with Gasteiger partial charge in [0.25, 0.3) is 0 Å². The number of nitrogens with one attached hydrogen (secondary N) is 1. The van der Waals surface area contributed by atoms with Crippen molar-refractivity contribution in [2.75, 3.05) is 5.32 Å². The molecule has 3 aromatic rings. The van der Waals surface area contributed by atoms with Crippen molar-refractivity contribution >= 4 is 11.6 Å². The van der Waals surface area contributed by atoms with Crippen LogP contribution in [0.5, 0.6) is 0 Å². The van der Waals surface area contributed by atoms with Crippen molar-refractivity contribution in [2.24, 2.45) is 11.3 Å². The average Bonchev–Trinajstić information content (AvgIpc) is 3.03. The van der Waals surface area contributed by atoms with Crippen LogP contribution in [0, 0.1) is 18.3 Å². The summed E-state index contributed by atoms with van der Waals surface area (Å²) >= 11 is 0. The van der Waals surface area contributed by atoms with Crippen LogP contribution in [0.4, 0.5) is 5.82 Å². The molecule has 2 aliphatic rings. The zero-order valence-corrected chi connectivity index (χ0v) is 17.0. The second-order valence-electron chi connectivity index (χ2n) is 8.82. The van der Waals surface area contributed by atoms with Gasteiger partial charge in [-0.25, -0.2) is 4.68 Å².